The number of hydrogen-bond donors (Lipinski definition) is 2. The maximum Gasteiger partial charge on any atom is 0.269 e. The first-order valence-corrected chi connectivity index (χ1v) is 2.88. The third-order valence-corrected chi connectivity index (χ3v) is 1.10. The zero-order valence-electron chi connectivity index (χ0n) is 5.90. The maximum absolute atomic E-state index is 10.6. The molecule has 0 aliphatic rings. The zero-order chi connectivity index (χ0) is 8.43. The molecule has 0 aromatic carbocycles. The van der Waals surface area contributed by atoms with Gasteiger partial charge in [-0.15, -0.1) is 10.2 Å². The summed E-state index contributed by atoms with van der Waals surface area (Å²) in [6.07, 6.45) is 0. The minimum Gasteiger partial charge on any atom is -0.366 e. The zero-order valence-corrected chi connectivity index (χ0v) is 5.90. The summed E-state index contributed by atoms with van der Waals surface area (Å²) in [5.41, 5.74) is 10.6. The lowest BCUT2D eigenvalue weighted by Crippen LogP contribution is -2.17. The molecule has 1 heterocycles. The lowest BCUT2D eigenvalue weighted by Gasteiger charge is -1.97. The minimum atomic E-state index is -0.649. The van der Waals surface area contributed by atoms with Crippen molar-refractivity contribution in [1.29, 1.82) is 0 Å². The van der Waals surface area contributed by atoms with Gasteiger partial charge < -0.3 is 11.5 Å². The van der Waals surface area contributed by atoms with Crippen LogP contribution in [0.2, 0.25) is 0 Å². The van der Waals surface area contributed by atoms with E-state index in [1.807, 2.05) is 0 Å². The van der Waals surface area contributed by atoms with E-state index in [-0.39, 0.29) is 11.6 Å². The number of carbonyl (C=O) groups is 1. The molecule has 0 saturated heterocycles. The number of aromatic nitrogens is 3. The summed E-state index contributed by atoms with van der Waals surface area (Å²) >= 11 is 0. The Morgan fingerprint density at radius 3 is 2.55 bits per heavy atom. The van der Waals surface area contributed by atoms with E-state index in [4.69, 9.17) is 11.5 Å². The summed E-state index contributed by atoms with van der Waals surface area (Å²) in [7, 11) is 0. The second kappa shape index (κ2) is 2.49. The van der Waals surface area contributed by atoms with Gasteiger partial charge in [0.05, 0.1) is 5.69 Å². The van der Waals surface area contributed by atoms with Gasteiger partial charge in [-0.2, -0.15) is 0 Å². The number of nitrogen functional groups attached to an aromatic ring is 1. The fraction of sp³-hybridized carbons (Fsp3) is 0.200. The Bertz CT molecular complexity index is 297. The molecule has 0 aliphatic carbocycles. The largest absolute Gasteiger partial charge is 0.366 e. The van der Waals surface area contributed by atoms with E-state index in [2.05, 4.69) is 15.2 Å². The third kappa shape index (κ3) is 1.40. The molecule has 4 N–H and O–H groups in total. The van der Waals surface area contributed by atoms with Crippen LogP contribution in [0.1, 0.15) is 16.2 Å². The fourth-order valence-electron chi connectivity index (χ4n) is 0.625. The van der Waals surface area contributed by atoms with Gasteiger partial charge in [0.1, 0.15) is 0 Å². The van der Waals surface area contributed by atoms with Crippen LogP contribution in [0, 0.1) is 6.92 Å². The minimum absolute atomic E-state index is 0.0515. The molecule has 11 heavy (non-hydrogen) atoms. The third-order valence-electron chi connectivity index (χ3n) is 1.10. The highest BCUT2D eigenvalue weighted by atomic mass is 16.1. The Morgan fingerprint density at radius 1 is 1.45 bits per heavy atom. The molecule has 0 fully saturated rings. The van der Waals surface area contributed by atoms with Crippen molar-refractivity contribution in [1.82, 2.24) is 15.2 Å². The standard InChI is InChI=1S/C5H7N5O/c1-2-3(4(6)11)8-5(7)10-9-2/h1H3,(H2,6,11)(H2,7,8,10). The van der Waals surface area contributed by atoms with Crippen molar-refractivity contribution in [3.05, 3.63) is 11.4 Å². The SMILES string of the molecule is Cc1nnc(N)nc1C(N)=O. The maximum atomic E-state index is 10.6. The lowest BCUT2D eigenvalue weighted by molar-refractivity contribution is 0.0994. The van der Waals surface area contributed by atoms with E-state index in [0.717, 1.165) is 0 Å². The number of amides is 1. The van der Waals surface area contributed by atoms with Crippen LogP contribution < -0.4 is 11.5 Å². The van der Waals surface area contributed by atoms with Crippen molar-refractivity contribution in [2.75, 3.05) is 5.73 Å². The smallest absolute Gasteiger partial charge is 0.269 e. The van der Waals surface area contributed by atoms with Gasteiger partial charge in [-0.05, 0) is 6.92 Å². The number of aryl methyl sites for hydroxylation is 1. The summed E-state index contributed by atoms with van der Waals surface area (Å²) in [5.74, 6) is -0.700. The van der Waals surface area contributed by atoms with Crippen LogP contribution in [0.25, 0.3) is 0 Å². The van der Waals surface area contributed by atoms with Crippen LogP contribution in [-0.2, 0) is 0 Å². The molecule has 58 valence electrons. The van der Waals surface area contributed by atoms with Gasteiger partial charge in [0.25, 0.3) is 5.91 Å². The lowest BCUT2D eigenvalue weighted by atomic mass is 10.3. The van der Waals surface area contributed by atoms with E-state index in [1.165, 1.54) is 0 Å². The Morgan fingerprint density at radius 2 is 2.09 bits per heavy atom. The van der Waals surface area contributed by atoms with Gasteiger partial charge in [-0.1, -0.05) is 0 Å². The Kier molecular flexibility index (Phi) is 1.67. The molecule has 6 nitrogen and oxygen atoms in total. The molecule has 0 bridgehead atoms. The van der Waals surface area contributed by atoms with Gasteiger partial charge in [-0.3, -0.25) is 4.79 Å². The first-order valence-electron chi connectivity index (χ1n) is 2.88. The van der Waals surface area contributed by atoms with E-state index in [1.54, 1.807) is 6.92 Å². The Labute approximate surface area is 62.6 Å². The van der Waals surface area contributed by atoms with Gasteiger partial charge >= 0.3 is 0 Å². The molecule has 0 spiro atoms. The number of nitrogens with zero attached hydrogens (tertiary/aromatic N) is 3. The molecule has 1 aromatic rings. The van der Waals surface area contributed by atoms with Crippen molar-refractivity contribution in [3.63, 3.8) is 0 Å². The van der Waals surface area contributed by atoms with Crippen LogP contribution in [0.4, 0.5) is 5.95 Å². The van der Waals surface area contributed by atoms with Crippen LogP contribution in [0.5, 0.6) is 0 Å². The van der Waals surface area contributed by atoms with Crippen molar-refractivity contribution in [3.8, 4) is 0 Å². The summed E-state index contributed by atoms with van der Waals surface area (Å²) < 4.78 is 0. The van der Waals surface area contributed by atoms with E-state index in [0.29, 0.717) is 5.69 Å². The number of carbonyl (C=O) groups excluding carboxylic acids is 1. The second-order valence-corrected chi connectivity index (χ2v) is 1.97. The van der Waals surface area contributed by atoms with Crippen LogP contribution in [-0.4, -0.2) is 21.1 Å². The predicted octanol–water partition coefficient (Wildman–Crippen LogP) is -1.14. The molecule has 0 atom stereocenters. The molecule has 1 amide bonds. The molecular formula is C5H7N5O. The molecule has 0 saturated carbocycles. The average Bonchev–Trinajstić information content (AvgIpc) is 1.94. The van der Waals surface area contributed by atoms with E-state index in [9.17, 15) is 4.79 Å². The van der Waals surface area contributed by atoms with Gasteiger partial charge in [-0.25, -0.2) is 4.98 Å². The monoisotopic (exact) mass is 153 g/mol. The van der Waals surface area contributed by atoms with Crippen LogP contribution >= 0.6 is 0 Å². The molecule has 6 heteroatoms. The summed E-state index contributed by atoms with van der Waals surface area (Å²) in [4.78, 5) is 14.2. The molecular weight excluding hydrogens is 146 g/mol. The number of hydrogen-bond acceptors (Lipinski definition) is 5. The topological polar surface area (TPSA) is 108 Å². The van der Waals surface area contributed by atoms with Crippen molar-refractivity contribution in [2.24, 2.45) is 5.73 Å². The number of anilines is 1. The molecule has 1 rings (SSSR count). The number of rotatable bonds is 1. The first kappa shape index (κ1) is 7.39. The van der Waals surface area contributed by atoms with Gasteiger partial charge in [0, 0.05) is 0 Å². The number of primary amides is 1. The van der Waals surface area contributed by atoms with Crippen LogP contribution in [0.15, 0.2) is 0 Å². The second-order valence-electron chi connectivity index (χ2n) is 1.97. The summed E-state index contributed by atoms with van der Waals surface area (Å²) in [6.45, 7) is 1.58. The van der Waals surface area contributed by atoms with E-state index < -0.39 is 5.91 Å². The van der Waals surface area contributed by atoms with Gasteiger partial charge in [0.2, 0.25) is 5.95 Å². The molecule has 0 aliphatic heterocycles. The Hall–Kier alpha value is -1.72. The van der Waals surface area contributed by atoms with Crippen molar-refractivity contribution < 1.29 is 4.79 Å². The Balaban J connectivity index is 3.23. The molecule has 0 unspecified atom stereocenters. The summed E-state index contributed by atoms with van der Waals surface area (Å²) in [6, 6.07) is 0. The highest BCUT2D eigenvalue weighted by molar-refractivity contribution is 5.91. The van der Waals surface area contributed by atoms with Gasteiger partial charge in [0.15, 0.2) is 5.69 Å². The highest BCUT2D eigenvalue weighted by Crippen LogP contribution is 1.98. The van der Waals surface area contributed by atoms with Crippen molar-refractivity contribution in [2.45, 2.75) is 6.92 Å². The quantitative estimate of drug-likeness (QED) is 0.530. The predicted molar refractivity (Wildman–Crippen MR) is 37.5 cm³/mol. The average molecular weight is 153 g/mol. The molecule has 1 aromatic heterocycles. The fourth-order valence-corrected chi connectivity index (χ4v) is 0.625. The first-order chi connectivity index (χ1) is 5.11. The number of nitrogens with two attached hydrogens (primary N) is 2. The van der Waals surface area contributed by atoms with E-state index >= 15 is 0 Å². The summed E-state index contributed by atoms with van der Waals surface area (Å²) in [5, 5.41) is 6.99. The van der Waals surface area contributed by atoms with Crippen LogP contribution in [0.3, 0.4) is 0 Å². The van der Waals surface area contributed by atoms with Crippen molar-refractivity contribution >= 4 is 11.9 Å². The normalized spacial score (nSPS) is 9.55. The highest BCUT2D eigenvalue weighted by Gasteiger charge is 2.08. The molecule has 0 radical (unpaired) electrons.